The first-order chi connectivity index (χ1) is 16.4. The lowest BCUT2D eigenvalue weighted by Crippen LogP contribution is -2.60. The predicted octanol–water partition coefficient (Wildman–Crippen LogP) is -0.194. The smallest absolute Gasteiger partial charge is 0.303 e. The Morgan fingerprint density at radius 1 is 0.943 bits per heavy atom. The molecule has 2 heterocycles. The lowest BCUT2D eigenvalue weighted by Gasteiger charge is -2.44. The maximum absolute atomic E-state index is 11.9. The zero-order chi connectivity index (χ0) is 26.3. The first-order valence-corrected chi connectivity index (χ1v) is 10.9. The van der Waals surface area contributed by atoms with Crippen LogP contribution >= 0.6 is 0 Å². The van der Waals surface area contributed by atoms with Crippen LogP contribution in [0, 0.1) is 5.92 Å². The van der Waals surface area contributed by atoms with Crippen LogP contribution in [0.5, 0.6) is 0 Å². The highest BCUT2D eigenvalue weighted by Crippen LogP contribution is 2.34. The van der Waals surface area contributed by atoms with Crippen molar-refractivity contribution in [2.45, 2.75) is 78.7 Å². The fourth-order valence-electron chi connectivity index (χ4n) is 3.32. The average Bonchev–Trinajstić information content (AvgIpc) is 3.21. The third-order valence-corrected chi connectivity index (χ3v) is 4.75. The molecule has 0 unspecified atom stereocenters. The van der Waals surface area contributed by atoms with Gasteiger partial charge in [0.1, 0.15) is 18.4 Å². The summed E-state index contributed by atoms with van der Waals surface area (Å²) in [5.41, 5.74) is 0.367. The van der Waals surface area contributed by atoms with Crippen molar-refractivity contribution < 1.29 is 47.7 Å². The minimum absolute atomic E-state index is 0.0717. The molecule has 5 atom stereocenters. The topological polar surface area (TPSA) is 174 Å². The monoisotopic (exact) mass is 498 g/mol. The first-order valence-electron chi connectivity index (χ1n) is 10.9. The number of ether oxygens (including phenoxy) is 5. The van der Waals surface area contributed by atoms with Crippen LogP contribution in [0.1, 0.15) is 53.5 Å². The van der Waals surface area contributed by atoms with E-state index in [9.17, 15) is 24.0 Å². The van der Waals surface area contributed by atoms with Gasteiger partial charge in [-0.05, 0) is 0 Å². The van der Waals surface area contributed by atoms with E-state index >= 15 is 0 Å². The molecule has 1 aliphatic heterocycles. The Balaban J connectivity index is 2.43. The van der Waals surface area contributed by atoms with Crippen molar-refractivity contribution in [3.05, 3.63) is 11.9 Å². The van der Waals surface area contributed by atoms with Crippen molar-refractivity contribution in [3.8, 4) is 0 Å². The van der Waals surface area contributed by atoms with Gasteiger partial charge in [-0.3, -0.25) is 24.0 Å². The molecule has 14 heteroatoms. The molecule has 1 aromatic heterocycles. The Morgan fingerprint density at radius 2 is 1.51 bits per heavy atom. The molecule has 1 fully saturated rings. The van der Waals surface area contributed by atoms with Crippen LogP contribution in [0.25, 0.3) is 0 Å². The van der Waals surface area contributed by atoms with Gasteiger partial charge in [0.25, 0.3) is 0 Å². The van der Waals surface area contributed by atoms with Gasteiger partial charge in [0, 0.05) is 33.6 Å². The number of rotatable bonds is 9. The summed E-state index contributed by atoms with van der Waals surface area (Å²) in [6.07, 6.45) is -4.79. The largest absolute Gasteiger partial charge is 0.463 e. The summed E-state index contributed by atoms with van der Waals surface area (Å²) in [6.45, 7) is 7.78. The number of hydrogen-bond donors (Lipinski definition) is 1. The number of esters is 4. The lowest BCUT2D eigenvalue weighted by atomic mass is 9.97. The molecule has 0 saturated carbocycles. The van der Waals surface area contributed by atoms with E-state index in [0.29, 0.717) is 5.69 Å². The Labute approximate surface area is 201 Å². The van der Waals surface area contributed by atoms with Crippen molar-refractivity contribution in [1.82, 2.24) is 20.3 Å². The molecule has 1 amide bonds. The van der Waals surface area contributed by atoms with E-state index in [0.717, 1.165) is 20.8 Å². The SMILES string of the molecule is CC(=O)OC[C@H]1O[C@@H](n2cc(CNC(=O)C(C)C)nn2)[C@H](OC(C)=O)[C@@H](OC(C)=O)[C@@H]1OC(C)=O. The second-order valence-electron chi connectivity index (χ2n) is 8.15. The molecule has 0 radical (unpaired) electrons. The molecule has 0 bridgehead atoms. The molecule has 1 aliphatic rings. The van der Waals surface area contributed by atoms with Crippen molar-refractivity contribution >= 4 is 29.8 Å². The van der Waals surface area contributed by atoms with Crippen LogP contribution in [0.4, 0.5) is 0 Å². The minimum atomic E-state index is -1.33. The fourth-order valence-corrected chi connectivity index (χ4v) is 3.32. The van der Waals surface area contributed by atoms with E-state index in [1.54, 1.807) is 13.8 Å². The molecule has 0 aromatic carbocycles. The quantitative estimate of drug-likeness (QED) is 0.351. The van der Waals surface area contributed by atoms with Gasteiger partial charge in [0.2, 0.25) is 5.91 Å². The summed E-state index contributed by atoms with van der Waals surface area (Å²) in [5.74, 6) is -3.25. The Bertz CT molecular complexity index is 946. The molecule has 1 saturated heterocycles. The molecule has 0 aliphatic carbocycles. The van der Waals surface area contributed by atoms with Crippen LogP contribution in [0.2, 0.25) is 0 Å². The predicted molar refractivity (Wildman–Crippen MR) is 114 cm³/mol. The number of aromatic nitrogens is 3. The Kier molecular flexibility index (Phi) is 9.68. The van der Waals surface area contributed by atoms with E-state index in [4.69, 9.17) is 23.7 Å². The second kappa shape index (κ2) is 12.2. The third kappa shape index (κ3) is 8.02. The van der Waals surface area contributed by atoms with Crippen LogP contribution in [-0.2, 0) is 54.2 Å². The van der Waals surface area contributed by atoms with Gasteiger partial charge in [-0.2, -0.15) is 0 Å². The zero-order valence-electron chi connectivity index (χ0n) is 20.4. The van der Waals surface area contributed by atoms with Crippen molar-refractivity contribution in [2.75, 3.05) is 6.61 Å². The second-order valence-corrected chi connectivity index (χ2v) is 8.15. The van der Waals surface area contributed by atoms with Crippen molar-refractivity contribution in [3.63, 3.8) is 0 Å². The number of carbonyl (C=O) groups excluding carboxylic acids is 5. The van der Waals surface area contributed by atoms with Gasteiger partial charge in [0.05, 0.1) is 12.7 Å². The molecule has 194 valence electrons. The van der Waals surface area contributed by atoms with E-state index in [-0.39, 0.29) is 25.0 Å². The Morgan fingerprint density at radius 3 is 2.06 bits per heavy atom. The van der Waals surface area contributed by atoms with Gasteiger partial charge in [0.15, 0.2) is 24.5 Å². The molecule has 1 N–H and O–H groups in total. The summed E-state index contributed by atoms with van der Waals surface area (Å²) in [5, 5.41) is 10.7. The fraction of sp³-hybridized carbons (Fsp3) is 0.667. The molecule has 1 aromatic rings. The van der Waals surface area contributed by atoms with Gasteiger partial charge in [-0.1, -0.05) is 19.1 Å². The number of carbonyl (C=O) groups is 5. The van der Waals surface area contributed by atoms with Crippen LogP contribution in [0.15, 0.2) is 6.20 Å². The maximum atomic E-state index is 11.9. The number of nitrogens with zero attached hydrogens (tertiary/aromatic N) is 3. The van der Waals surface area contributed by atoms with E-state index in [1.807, 2.05) is 0 Å². The number of amides is 1. The van der Waals surface area contributed by atoms with Crippen LogP contribution in [-0.4, -0.2) is 75.8 Å². The highest BCUT2D eigenvalue weighted by Gasteiger charge is 2.53. The summed E-state index contributed by atoms with van der Waals surface area (Å²) in [6, 6.07) is 0. The Hall–Kier alpha value is -3.55. The summed E-state index contributed by atoms with van der Waals surface area (Å²) >= 11 is 0. The molecular formula is C21H30N4O10. The molecular weight excluding hydrogens is 468 g/mol. The van der Waals surface area contributed by atoms with Gasteiger partial charge in [-0.15, -0.1) is 5.10 Å². The number of hydrogen-bond acceptors (Lipinski definition) is 12. The molecule has 35 heavy (non-hydrogen) atoms. The summed E-state index contributed by atoms with van der Waals surface area (Å²) in [4.78, 5) is 58.9. The van der Waals surface area contributed by atoms with E-state index in [2.05, 4.69) is 15.6 Å². The number of nitrogens with one attached hydrogen (secondary N) is 1. The summed E-state index contributed by atoms with van der Waals surface area (Å²) < 4.78 is 28.4. The average molecular weight is 498 g/mol. The van der Waals surface area contributed by atoms with Crippen LogP contribution in [0.3, 0.4) is 0 Å². The normalized spacial score (nSPS) is 23.8. The van der Waals surface area contributed by atoms with Crippen LogP contribution < -0.4 is 5.32 Å². The van der Waals surface area contributed by atoms with Gasteiger partial charge >= 0.3 is 23.9 Å². The highest BCUT2D eigenvalue weighted by molar-refractivity contribution is 5.77. The highest BCUT2D eigenvalue weighted by atomic mass is 16.7. The van der Waals surface area contributed by atoms with Gasteiger partial charge < -0.3 is 29.0 Å². The van der Waals surface area contributed by atoms with E-state index in [1.165, 1.54) is 17.8 Å². The zero-order valence-corrected chi connectivity index (χ0v) is 20.4. The molecule has 2 rings (SSSR count). The standard InChI is InChI=1S/C21H30N4O10/c1-10(2)20(30)22-7-15-8-25(24-23-15)21-19(34-14(6)29)18(33-13(5)28)17(32-12(4)27)16(35-21)9-31-11(3)26/h8,10,16-19,21H,7,9H2,1-6H3,(H,22,30)/t16-,17-,18+,19-,21-/m1/s1. The molecule has 14 nitrogen and oxygen atoms in total. The van der Waals surface area contributed by atoms with Crippen molar-refractivity contribution in [2.24, 2.45) is 5.92 Å². The lowest BCUT2D eigenvalue weighted by molar-refractivity contribution is -0.270. The maximum Gasteiger partial charge on any atom is 0.303 e. The summed E-state index contributed by atoms with van der Waals surface area (Å²) in [7, 11) is 0. The minimum Gasteiger partial charge on any atom is -0.463 e. The first kappa shape index (κ1) is 27.7. The van der Waals surface area contributed by atoms with E-state index < -0.39 is 54.5 Å². The molecule has 0 spiro atoms. The van der Waals surface area contributed by atoms with Gasteiger partial charge in [-0.25, -0.2) is 4.68 Å². The third-order valence-electron chi connectivity index (χ3n) is 4.75. The van der Waals surface area contributed by atoms with Crippen molar-refractivity contribution in [1.29, 1.82) is 0 Å².